The number of allylic oxidation sites excluding steroid dienone is 3. The summed E-state index contributed by atoms with van der Waals surface area (Å²) in [7, 11) is 2.64. The minimum atomic E-state index is -1.02. The van der Waals surface area contributed by atoms with E-state index in [1.807, 2.05) is 0 Å². The predicted molar refractivity (Wildman–Crippen MR) is 101 cm³/mol. The zero-order chi connectivity index (χ0) is 21.5. The molecule has 0 rings (SSSR count). The second-order valence-corrected chi connectivity index (χ2v) is 4.63. The van der Waals surface area contributed by atoms with Crippen molar-refractivity contribution >= 4 is 41.1 Å². The molecule has 0 aliphatic carbocycles. The first-order valence-corrected chi connectivity index (χ1v) is 7.15. The van der Waals surface area contributed by atoms with Gasteiger partial charge in [-0.3, -0.25) is 0 Å². The largest absolute Gasteiger partial charge is 0.478 e. The van der Waals surface area contributed by atoms with Gasteiger partial charge in [0, 0.05) is 23.8 Å². The van der Waals surface area contributed by atoms with Crippen molar-refractivity contribution in [3.63, 3.8) is 0 Å². The molecule has 0 saturated heterocycles. The van der Waals surface area contributed by atoms with E-state index in [-0.39, 0.29) is 10.5 Å². The van der Waals surface area contributed by atoms with Crippen LogP contribution in [-0.4, -0.2) is 37.2 Å². The molecule has 0 aliphatic heterocycles. The first-order chi connectivity index (χ1) is 12.0. The molecule has 26 heavy (non-hydrogen) atoms. The van der Waals surface area contributed by atoms with Gasteiger partial charge in [0.25, 0.3) is 0 Å². The summed E-state index contributed by atoms with van der Waals surface area (Å²) in [4.78, 5) is 29.8. The smallest absolute Gasteiger partial charge is 0.332 e. The number of nitriles is 1. The number of rotatable bonds is 4. The van der Waals surface area contributed by atoms with Crippen LogP contribution in [0.25, 0.3) is 0 Å². The SMILES string of the molecule is C=C(C)C(=O)OC.C=C(Cl)Cl.C=CC(=O)OC.N#CC=CC=CC(=O)O. The Balaban J connectivity index is -0.000000129. The van der Waals surface area contributed by atoms with E-state index in [4.69, 9.17) is 33.6 Å². The van der Waals surface area contributed by atoms with E-state index < -0.39 is 11.9 Å². The Hall–Kier alpha value is -2.82. The number of hydrogen-bond donors (Lipinski definition) is 1. The number of hydrogen-bond acceptors (Lipinski definition) is 6. The van der Waals surface area contributed by atoms with Crippen LogP contribution in [0.5, 0.6) is 0 Å². The first-order valence-electron chi connectivity index (χ1n) is 6.39. The minimum absolute atomic E-state index is 0.111. The second-order valence-electron chi connectivity index (χ2n) is 3.52. The summed E-state index contributed by atoms with van der Waals surface area (Å²) in [6.45, 7) is 11.2. The third-order valence-electron chi connectivity index (χ3n) is 1.42. The predicted octanol–water partition coefficient (Wildman–Crippen LogP) is 3.72. The summed E-state index contributed by atoms with van der Waals surface area (Å²) in [6, 6.07) is 1.72. The van der Waals surface area contributed by atoms with Gasteiger partial charge in [-0.1, -0.05) is 55.1 Å². The fraction of sp³-hybridized carbons (Fsp3) is 0.176. The van der Waals surface area contributed by atoms with Gasteiger partial charge in [-0.05, 0) is 6.92 Å². The van der Waals surface area contributed by atoms with Gasteiger partial charge in [-0.15, -0.1) is 0 Å². The van der Waals surface area contributed by atoms with E-state index in [9.17, 15) is 14.4 Å². The van der Waals surface area contributed by atoms with Gasteiger partial charge in [-0.25, -0.2) is 14.4 Å². The van der Waals surface area contributed by atoms with Crippen LogP contribution in [0.1, 0.15) is 6.92 Å². The van der Waals surface area contributed by atoms with E-state index >= 15 is 0 Å². The van der Waals surface area contributed by atoms with Crippen LogP contribution in [0.4, 0.5) is 0 Å². The highest BCUT2D eigenvalue weighted by atomic mass is 35.5. The number of aliphatic carboxylic acids is 1. The van der Waals surface area contributed by atoms with Crippen molar-refractivity contribution in [2.24, 2.45) is 0 Å². The molecule has 0 spiro atoms. The highest BCUT2D eigenvalue weighted by Gasteiger charge is 1.95. The molecule has 0 fully saturated rings. The number of nitrogens with zero attached hydrogens (tertiary/aromatic N) is 1. The fourth-order valence-corrected chi connectivity index (χ4v) is 0.494. The number of halogens is 2. The molecule has 9 heteroatoms. The normalized spacial score (nSPS) is 8.15. The van der Waals surface area contributed by atoms with Crippen molar-refractivity contribution in [1.82, 2.24) is 0 Å². The maximum atomic E-state index is 10.2. The Kier molecular flexibility index (Phi) is 29.1. The number of carbonyl (C=O) groups excluding carboxylic acids is 2. The lowest BCUT2D eigenvalue weighted by molar-refractivity contribution is -0.136. The highest BCUT2D eigenvalue weighted by molar-refractivity contribution is 6.55. The van der Waals surface area contributed by atoms with Crippen molar-refractivity contribution < 1.29 is 29.0 Å². The molecule has 0 aromatic heterocycles. The van der Waals surface area contributed by atoms with E-state index in [0.29, 0.717) is 5.57 Å². The van der Waals surface area contributed by atoms with Gasteiger partial charge in [0.1, 0.15) is 0 Å². The van der Waals surface area contributed by atoms with E-state index in [1.54, 1.807) is 13.0 Å². The summed E-state index contributed by atoms with van der Waals surface area (Å²) < 4.78 is 8.53. The van der Waals surface area contributed by atoms with Crippen molar-refractivity contribution in [2.45, 2.75) is 6.92 Å². The lowest BCUT2D eigenvalue weighted by Gasteiger charge is -1.91. The van der Waals surface area contributed by atoms with Gasteiger partial charge in [0.15, 0.2) is 0 Å². The summed E-state index contributed by atoms with van der Waals surface area (Å²) in [5.41, 5.74) is 0.433. The zero-order valence-electron chi connectivity index (χ0n) is 14.7. The third-order valence-corrected chi connectivity index (χ3v) is 1.42. The maximum Gasteiger partial charge on any atom is 0.332 e. The molecule has 7 nitrogen and oxygen atoms in total. The Morgan fingerprint density at radius 2 is 1.58 bits per heavy atom. The third kappa shape index (κ3) is 49.7. The quantitative estimate of drug-likeness (QED) is 0.328. The molecule has 0 unspecified atom stereocenters. The summed E-state index contributed by atoms with van der Waals surface area (Å²) in [5, 5.41) is 15.9. The molecule has 1 N–H and O–H groups in total. The average molecular weight is 406 g/mol. The van der Waals surface area contributed by atoms with Gasteiger partial charge in [0.2, 0.25) is 0 Å². The molecule has 0 saturated carbocycles. The highest BCUT2D eigenvalue weighted by Crippen LogP contribution is 1.98. The minimum Gasteiger partial charge on any atom is -0.478 e. The van der Waals surface area contributed by atoms with Crippen LogP contribution >= 0.6 is 23.2 Å². The number of ether oxygens (including phenoxy) is 2. The zero-order valence-corrected chi connectivity index (χ0v) is 16.2. The number of methoxy groups -OCH3 is 2. The molecule has 0 aromatic rings. The lowest BCUT2D eigenvalue weighted by atomic mass is 10.4. The van der Waals surface area contributed by atoms with Crippen LogP contribution < -0.4 is 0 Å². The summed E-state index contributed by atoms with van der Waals surface area (Å²) in [5.74, 6) is -1.76. The van der Waals surface area contributed by atoms with Crippen molar-refractivity contribution in [1.29, 1.82) is 5.26 Å². The van der Waals surface area contributed by atoms with E-state index in [1.165, 1.54) is 32.4 Å². The van der Waals surface area contributed by atoms with Gasteiger partial charge in [-0.2, -0.15) is 5.26 Å². The Morgan fingerprint density at radius 3 is 1.73 bits per heavy atom. The molecular formula is C17H21Cl2NO6. The first kappa shape index (κ1) is 31.0. The molecule has 0 atom stereocenters. The number of carboxylic acids is 1. The molecule has 144 valence electrons. The van der Waals surface area contributed by atoms with Crippen molar-refractivity contribution in [3.8, 4) is 6.07 Å². The maximum absolute atomic E-state index is 10.2. The molecule has 0 bridgehead atoms. The Bertz CT molecular complexity index is 570. The molecule has 0 amide bonds. The number of carboxylic acid groups (broad SMARTS) is 1. The fourth-order valence-electron chi connectivity index (χ4n) is 0.494. The monoisotopic (exact) mass is 405 g/mol. The average Bonchev–Trinajstić information content (AvgIpc) is 2.57. The van der Waals surface area contributed by atoms with Gasteiger partial charge in [0.05, 0.1) is 24.8 Å². The van der Waals surface area contributed by atoms with Crippen molar-refractivity contribution in [3.05, 3.63) is 60.2 Å². The summed E-state index contributed by atoms with van der Waals surface area (Å²) in [6.07, 6.45) is 5.90. The Labute approximate surface area is 163 Å². The molecular weight excluding hydrogens is 385 g/mol. The number of esters is 2. The van der Waals surface area contributed by atoms with Gasteiger partial charge >= 0.3 is 17.9 Å². The van der Waals surface area contributed by atoms with Crippen LogP contribution in [0.15, 0.2) is 60.2 Å². The van der Waals surface area contributed by atoms with E-state index in [0.717, 1.165) is 12.2 Å². The van der Waals surface area contributed by atoms with Crippen LogP contribution in [0.3, 0.4) is 0 Å². The molecule has 0 aliphatic rings. The lowest BCUT2D eigenvalue weighted by Crippen LogP contribution is -1.98. The molecule has 0 radical (unpaired) electrons. The van der Waals surface area contributed by atoms with Crippen molar-refractivity contribution in [2.75, 3.05) is 14.2 Å². The van der Waals surface area contributed by atoms with Crippen LogP contribution in [0.2, 0.25) is 0 Å². The molecule has 0 aromatic carbocycles. The van der Waals surface area contributed by atoms with Gasteiger partial charge < -0.3 is 14.6 Å². The van der Waals surface area contributed by atoms with Crippen LogP contribution in [-0.2, 0) is 23.9 Å². The standard InChI is InChI=1S/C6H5NO2.C5H8O2.C4H6O2.C2H2Cl2/c7-5-3-1-2-4-6(8)9;1-4(2)5(6)7-3;1-3-4(5)6-2;1-2(3)4/h1-4H,(H,8,9);1H2,2-3H3;3H,1H2,2H3;1H2. The van der Waals surface area contributed by atoms with E-state index in [2.05, 4.69) is 29.2 Å². The molecule has 0 heterocycles. The topological polar surface area (TPSA) is 114 Å². The van der Waals surface area contributed by atoms with Crippen LogP contribution in [0, 0.1) is 11.3 Å². The second kappa shape index (κ2) is 24.4. The number of carbonyl (C=O) groups is 3. The Morgan fingerprint density at radius 1 is 1.12 bits per heavy atom. The summed E-state index contributed by atoms with van der Waals surface area (Å²) >= 11 is 9.69.